The van der Waals surface area contributed by atoms with Crippen molar-refractivity contribution in [2.75, 3.05) is 0 Å². The molecule has 0 aliphatic heterocycles. The fraction of sp³-hybridized carbons (Fsp3) is 0.333. The van der Waals surface area contributed by atoms with Crippen LogP contribution in [0.2, 0.25) is 5.02 Å². The molecule has 0 aromatic heterocycles. The number of hydrogen-bond acceptors (Lipinski definition) is 0. The molecule has 1 aliphatic carbocycles. The van der Waals surface area contributed by atoms with E-state index in [0.29, 0.717) is 5.02 Å². The molecular weight excluding hydrogens is 234 g/mol. The molecule has 1 unspecified atom stereocenters. The summed E-state index contributed by atoms with van der Waals surface area (Å²) in [5.41, 5.74) is 2.26. The molecule has 0 bridgehead atoms. The zero-order valence-electron chi connectivity index (χ0n) is 8.14. The lowest BCUT2D eigenvalue weighted by Gasteiger charge is -2.04. The van der Waals surface area contributed by atoms with E-state index in [-0.39, 0.29) is 11.2 Å². The van der Waals surface area contributed by atoms with Crippen LogP contribution < -0.4 is 0 Å². The standard InChI is InChI=1S/C12H11Cl2F/c13-10-3-1-8(6-10)5-9-2-4-11(15)7-12(9)14/h2,4,6-7,10H,1,3,5H2. The third kappa shape index (κ3) is 2.73. The zero-order valence-corrected chi connectivity index (χ0v) is 9.65. The molecule has 0 fully saturated rings. The SMILES string of the molecule is Fc1ccc(CC2=CC(Cl)CC2)c(Cl)c1. The molecule has 3 heteroatoms. The third-order valence-corrected chi connectivity index (χ3v) is 3.29. The van der Waals surface area contributed by atoms with Crippen molar-refractivity contribution in [1.82, 2.24) is 0 Å². The van der Waals surface area contributed by atoms with Gasteiger partial charge in [-0.05, 0) is 37.0 Å². The fourth-order valence-corrected chi connectivity index (χ4v) is 2.32. The summed E-state index contributed by atoms with van der Waals surface area (Å²) in [7, 11) is 0. The summed E-state index contributed by atoms with van der Waals surface area (Å²) in [4.78, 5) is 0. The van der Waals surface area contributed by atoms with E-state index in [9.17, 15) is 4.39 Å². The minimum absolute atomic E-state index is 0.152. The molecule has 0 heterocycles. The van der Waals surface area contributed by atoms with Crippen molar-refractivity contribution in [3.05, 3.63) is 46.3 Å². The number of allylic oxidation sites excluding steroid dienone is 2. The highest BCUT2D eigenvalue weighted by atomic mass is 35.5. The normalized spacial score (nSPS) is 20.5. The Bertz CT molecular complexity index is 399. The van der Waals surface area contributed by atoms with Crippen LogP contribution in [0.1, 0.15) is 18.4 Å². The van der Waals surface area contributed by atoms with Gasteiger partial charge in [-0.2, -0.15) is 0 Å². The van der Waals surface area contributed by atoms with Gasteiger partial charge in [-0.3, -0.25) is 0 Å². The second-order valence-corrected chi connectivity index (χ2v) is 4.76. The Morgan fingerprint density at radius 2 is 2.20 bits per heavy atom. The molecule has 2 rings (SSSR count). The second kappa shape index (κ2) is 4.54. The summed E-state index contributed by atoms with van der Waals surface area (Å²) in [5.74, 6) is -0.292. The monoisotopic (exact) mass is 244 g/mol. The molecule has 0 N–H and O–H groups in total. The Labute approximate surface area is 98.7 Å². The number of alkyl halides is 1. The van der Waals surface area contributed by atoms with Crippen molar-refractivity contribution in [3.63, 3.8) is 0 Å². The minimum atomic E-state index is -0.292. The maximum atomic E-state index is 12.8. The van der Waals surface area contributed by atoms with E-state index in [1.54, 1.807) is 6.07 Å². The van der Waals surface area contributed by atoms with Gasteiger partial charge in [0.25, 0.3) is 0 Å². The van der Waals surface area contributed by atoms with E-state index in [1.165, 1.54) is 17.7 Å². The lowest BCUT2D eigenvalue weighted by Crippen LogP contribution is -1.90. The Kier molecular flexibility index (Phi) is 3.32. The first-order valence-electron chi connectivity index (χ1n) is 4.93. The zero-order chi connectivity index (χ0) is 10.8. The lowest BCUT2D eigenvalue weighted by atomic mass is 10.0. The van der Waals surface area contributed by atoms with Gasteiger partial charge in [0.2, 0.25) is 0 Å². The number of halogens is 3. The Morgan fingerprint density at radius 1 is 1.40 bits per heavy atom. The van der Waals surface area contributed by atoms with Gasteiger partial charge in [-0.15, -0.1) is 11.6 Å². The Hall–Kier alpha value is -0.530. The summed E-state index contributed by atoms with van der Waals surface area (Å²) < 4.78 is 12.8. The van der Waals surface area contributed by atoms with Gasteiger partial charge in [-0.1, -0.05) is 29.3 Å². The molecule has 1 aromatic rings. The largest absolute Gasteiger partial charge is 0.207 e. The molecule has 0 saturated carbocycles. The topological polar surface area (TPSA) is 0 Å². The predicted molar refractivity (Wildman–Crippen MR) is 62.1 cm³/mol. The van der Waals surface area contributed by atoms with Crippen molar-refractivity contribution in [2.24, 2.45) is 0 Å². The highest BCUT2D eigenvalue weighted by molar-refractivity contribution is 6.31. The van der Waals surface area contributed by atoms with Crippen molar-refractivity contribution in [1.29, 1.82) is 0 Å². The molecule has 1 aromatic carbocycles. The maximum absolute atomic E-state index is 12.8. The first kappa shape index (κ1) is 11.0. The van der Waals surface area contributed by atoms with Crippen molar-refractivity contribution >= 4 is 23.2 Å². The molecule has 15 heavy (non-hydrogen) atoms. The van der Waals surface area contributed by atoms with Crippen molar-refractivity contribution in [2.45, 2.75) is 24.6 Å². The van der Waals surface area contributed by atoms with E-state index in [1.807, 2.05) is 0 Å². The molecule has 1 aliphatic rings. The van der Waals surface area contributed by atoms with Gasteiger partial charge in [-0.25, -0.2) is 4.39 Å². The van der Waals surface area contributed by atoms with Crippen LogP contribution in [0.4, 0.5) is 4.39 Å². The Balaban J connectivity index is 2.14. The second-order valence-electron chi connectivity index (χ2n) is 3.79. The van der Waals surface area contributed by atoms with Gasteiger partial charge < -0.3 is 0 Å². The van der Waals surface area contributed by atoms with Crippen LogP contribution in [0.15, 0.2) is 29.8 Å². The van der Waals surface area contributed by atoms with Crippen LogP contribution in [0.5, 0.6) is 0 Å². The van der Waals surface area contributed by atoms with E-state index < -0.39 is 0 Å². The fourth-order valence-electron chi connectivity index (χ4n) is 1.80. The third-order valence-electron chi connectivity index (χ3n) is 2.59. The van der Waals surface area contributed by atoms with Crippen LogP contribution in [0.25, 0.3) is 0 Å². The molecule has 0 amide bonds. The molecule has 0 radical (unpaired) electrons. The quantitative estimate of drug-likeness (QED) is 0.536. The minimum Gasteiger partial charge on any atom is -0.207 e. The lowest BCUT2D eigenvalue weighted by molar-refractivity contribution is 0.627. The van der Waals surface area contributed by atoms with E-state index in [0.717, 1.165) is 24.8 Å². The summed E-state index contributed by atoms with van der Waals surface area (Å²) in [5, 5.41) is 0.646. The van der Waals surface area contributed by atoms with Crippen LogP contribution in [-0.2, 0) is 6.42 Å². The molecular formula is C12H11Cl2F. The first-order chi connectivity index (χ1) is 7.15. The molecule has 1 atom stereocenters. The molecule has 0 spiro atoms. The van der Waals surface area contributed by atoms with Crippen LogP contribution >= 0.6 is 23.2 Å². The molecule has 80 valence electrons. The summed E-state index contributed by atoms with van der Waals surface area (Å²) in [6.45, 7) is 0. The number of rotatable bonds is 2. The smallest absolute Gasteiger partial charge is 0.124 e. The highest BCUT2D eigenvalue weighted by Crippen LogP contribution is 2.28. The van der Waals surface area contributed by atoms with E-state index in [2.05, 4.69) is 6.08 Å². The average Bonchev–Trinajstić information content (AvgIpc) is 2.56. The van der Waals surface area contributed by atoms with Gasteiger partial charge in [0.1, 0.15) is 5.82 Å². The van der Waals surface area contributed by atoms with Crippen LogP contribution in [0, 0.1) is 5.82 Å². The van der Waals surface area contributed by atoms with Crippen molar-refractivity contribution in [3.8, 4) is 0 Å². The van der Waals surface area contributed by atoms with Gasteiger partial charge in [0.05, 0.1) is 5.38 Å². The van der Waals surface area contributed by atoms with Gasteiger partial charge in [0.15, 0.2) is 0 Å². The highest BCUT2D eigenvalue weighted by Gasteiger charge is 2.14. The number of benzene rings is 1. The van der Waals surface area contributed by atoms with E-state index >= 15 is 0 Å². The van der Waals surface area contributed by atoms with Crippen molar-refractivity contribution < 1.29 is 4.39 Å². The molecule has 0 nitrogen and oxygen atoms in total. The molecule has 0 saturated heterocycles. The Morgan fingerprint density at radius 3 is 2.80 bits per heavy atom. The van der Waals surface area contributed by atoms with Crippen LogP contribution in [0.3, 0.4) is 0 Å². The summed E-state index contributed by atoms with van der Waals surface area (Å²) in [6, 6.07) is 4.53. The number of hydrogen-bond donors (Lipinski definition) is 0. The van der Waals surface area contributed by atoms with Gasteiger partial charge >= 0.3 is 0 Å². The predicted octanol–water partition coefficient (Wildman–Crippen LogP) is 4.35. The average molecular weight is 245 g/mol. The summed E-state index contributed by atoms with van der Waals surface area (Å²) >= 11 is 11.9. The maximum Gasteiger partial charge on any atom is 0.124 e. The van der Waals surface area contributed by atoms with Crippen LogP contribution in [-0.4, -0.2) is 5.38 Å². The first-order valence-corrected chi connectivity index (χ1v) is 5.74. The van der Waals surface area contributed by atoms with Gasteiger partial charge in [0, 0.05) is 5.02 Å². The summed E-state index contributed by atoms with van der Waals surface area (Å²) in [6.07, 6.45) is 4.86. The van der Waals surface area contributed by atoms with E-state index in [4.69, 9.17) is 23.2 Å².